The maximum absolute atomic E-state index is 12.7. The van der Waals surface area contributed by atoms with Gasteiger partial charge in [0.1, 0.15) is 10.8 Å². The smallest absolute Gasteiger partial charge is 0.271 e. The second kappa shape index (κ2) is 8.51. The topological polar surface area (TPSA) is 153 Å². The first kappa shape index (κ1) is 21.6. The molecule has 1 heterocycles. The number of nitro benzene ring substituents is 1. The molecule has 1 amide bonds. The van der Waals surface area contributed by atoms with Gasteiger partial charge in [-0.2, -0.15) is 0 Å². The quantitative estimate of drug-likeness (QED) is 0.371. The number of amides is 1. The van der Waals surface area contributed by atoms with Gasteiger partial charge in [-0.3, -0.25) is 24.9 Å². The van der Waals surface area contributed by atoms with Gasteiger partial charge >= 0.3 is 0 Å². The Hall–Kier alpha value is -3.58. The third-order valence-corrected chi connectivity index (χ3v) is 7.04. The van der Waals surface area contributed by atoms with Crippen LogP contribution in [0.5, 0.6) is 5.75 Å². The van der Waals surface area contributed by atoms with Gasteiger partial charge in [-0.25, -0.2) is 8.42 Å². The first-order chi connectivity index (χ1) is 15.3. The molecule has 3 aromatic rings. The molecule has 2 aromatic carbocycles. The molecule has 32 heavy (non-hydrogen) atoms. The number of benzene rings is 2. The number of ether oxygens (including phenoxy) is 1. The SMILES string of the molecule is COc1ccc([N+](=O)[O-])cc1NS(=O)(=O)c1ccc(C(=O)Nc2nnc(C3CC3)s2)cc1. The summed E-state index contributed by atoms with van der Waals surface area (Å²) in [5.74, 6) is 0.110. The highest BCUT2D eigenvalue weighted by Crippen LogP contribution is 2.42. The molecule has 1 saturated carbocycles. The molecule has 166 valence electrons. The zero-order valence-electron chi connectivity index (χ0n) is 16.6. The van der Waals surface area contributed by atoms with Gasteiger partial charge in [0.25, 0.3) is 21.6 Å². The number of rotatable bonds is 8. The predicted octanol–water partition coefficient (Wildman–Crippen LogP) is 3.39. The van der Waals surface area contributed by atoms with Crippen LogP contribution in [0, 0.1) is 10.1 Å². The van der Waals surface area contributed by atoms with Crippen LogP contribution >= 0.6 is 11.3 Å². The average Bonchev–Trinajstić information content (AvgIpc) is 3.52. The monoisotopic (exact) mass is 475 g/mol. The van der Waals surface area contributed by atoms with Crippen molar-refractivity contribution in [2.45, 2.75) is 23.7 Å². The molecule has 0 bridgehead atoms. The van der Waals surface area contributed by atoms with Crippen LogP contribution < -0.4 is 14.8 Å². The van der Waals surface area contributed by atoms with E-state index < -0.39 is 20.9 Å². The Morgan fingerprint density at radius 3 is 2.53 bits per heavy atom. The maximum Gasteiger partial charge on any atom is 0.271 e. The molecule has 1 fully saturated rings. The molecule has 0 atom stereocenters. The van der Waals surface area contributed by atoms with E-state index in [2.05, 4.69) is 20.2 Å². The van der Waals surface area contributed by atoms with Crippen LogP contribution in [0.25, 0.3) is 0 Å². The lowest BCUT2D eigenvalue weighted by molar-refractivity contribution is -0.384. The molecule has 0 radical (unpaired) electrons. The van der Waals surface area contributed by atoms with Crippen molar-refractivity contribution >= 4 is 43.8 Å². The Bertz CT molecular complexity index is 1290. The second-order valence-corrected chi connectivity index (χ2v) is 9.64. The number of sulfonamides is 1. The molecule has 0 saturated heterocycles. The third-order valence-electron chi connectivity index (χ3n) is 4.65. The highest BCUT2D eigenvalue weighted by molar-refractivity contribution is 7.92. The summed E-state index contributed by atoms with van der Waals surface area (Å²) >= 11 is 1.32. The van der Waals surface area contributed by atoms with Crippen LogP contribution in [-0.4, -0.2) is 36.6 Å². The van der Waals surface area contributed by atoms with Gasteiger partial charge in [0.15, 0.2) is 0 Å². The van der Waals surface area contributed by atoms with E-state index in [9.17, 15) is 23.3 Å². The molecule has 0 unspecified atom stereocenters. The summed E-state index contributed by atoms with van der Waals surface area (Å²) in [5, 5.41) is 22.9. The molecule has 4 rings (SSSR count). The van der Waals surface area contributed by atoms with Crippen LogP contribution in [0.3, 0.4) is 0 Å². The van der Waals surface area contributed by atoms with Gasteiger partial charge in [-0.1, -0.05) is 11.3 Å². The summed E-state index contributed by atoms with van der Waals surface area (Å²) in [5.41, 5.74) is -0.136. The molecule has 1 aliphatic rings. The summed E-state index contributed by atoms with van der Waals surface area (Å²) in [7, 11) is -2.78. The van der Waals surface area contributed by atoms with Crippen molar-refractivity contribution in [3.63, 3.8) is 0 Å². The fraction of sp³-hybridized carbons (Fsp3) is 0.211. The lowest BCUT2D eigenvalue weighted by atomic mass is 10.2. The van der Waals surface area contributed by atoms with E-state index in [0.717, 1.165) is 23.9 Å². The fourth-order valence-corrected chi connectivity index (χ4v) is 4.80. The molecule has 0 aliphatic heterocycles. The van der Waals surface area contributed by atoms with Crippen molar-refractivity contribution in [2.24, 2.45) is 0 Å². The Kier molecular flexibility index (Phi) is 5.76. The predicted molar refractivity (Wildman–Crippen MR) is 117 cm³/mol. The summed E-state index contributed by atoms with van der Waals surface area (Å²) < 4.78 is 32.8. The van der Waals surface area contributed by atoms with Gasteiger partial charge < -0.3 is 4.74 Å². The van der Waals surface area contributed by atoms with Crippen molar-refractivity contribution in [1.82, 2.24) is 10.2 Å². The number of carbonyl (C=O) groups excluding carboxylic acids is 1. The standard InChI is InChI=1S/C19H17N5O6S2/c1-30-16-9-6-13(24(26)27)10-15(16)23-32(28,29)14-7-4-11(5-8-14)17(25)20-19-22-21-18(31-19)12-2-3-12/h4-10,12,23H,2-3H2,1H3,(H,20,22,25). The van der Waals surface area contributed by atoms with E-state index in [1.54, 1.807) is 0 Å². The highest BCUT2D eigenvalue weighted by Gasteiger charge is 2.28. The zero-order valence-corrected chi connectivity index (χ0v) is 18.3. The zero-order chi connectivity index (χ0) is 22.9. The number of hydrogen-bond donors (Lipinski definition) is 2. The maximum atomic E-state index is 12.7. The second-order valence-electron chi connectivity index (χ2n) is 6.95. The van der Waals surface area contributed by atoms with Crippen LogP contribution in [-0.2, 0) is 10.0 Å². The largest absolute Gasteiger partial charge is 0.495 e. The number of nitro groups is 1. The fourth-order valence-electron chi connectivity index (χ4n) is 2.83. The summed E-state index contributed by atoms with van der Waals surface area (Å²) in [4.78, 5) is 22.7. The molecular formula is C19H17N5O6S2. The molecular weight excluding hydrogens is 458 g/mol. The normalized spacial score (nSPS) is 13.4. The molecule has 2 N–H and O–H groups in total. The summed E-state index contributed by atoms with van der Waals surface area (Å²) in [6, 6.07) is 8.81. The van der Waals surface area contributed by atoms with Crippen molar-refractivity contribution in [3.8, 4) is 5.75 Å². The van der Waals surface area contributed by atoms with Gasteiger partial charge in [0.2, 0.25) is 5.13 Å². The minimum Gasteiger partial charge on any atom is -0.495 e. The van der Waals surface area contributed by atoms with Crippen LogP contribution in [0.4, 0.5) is 16.5 Å². The number of methoxy groups -OCH3 is 1. The minimum atomic E-state index is -4.09. The van der Waals surface area contributed by atoms with E-state index in [-0.39, 0.29) is 27.6 Å². The molecule has 1 aromatic heterocycles. The summed E-state index contributed by atoms with van der Waals surface area (Å²) in [6.45, 7) is 0. The van der Waals surface area contributed by atoms with Crippen molar-refractivity contribution < 1.29 is 22.9 Å². The Morgan fingerprint density at radius 1 is 1.19 bits per heavy atom. The van der Waals surface area contributed by atoms with Crippen molar-refractivity contribution in [3.05, 3.63) is 63.1 Å². The van der Waals surface area contributed by atoms with Crippen LogP contribution in [0.15, 0.2) is 47.4 Å². The number of aromatic nitrogens is 2. The number of nitrogens with one attached hydrogen (secondary N) is 2. The van der Waals surface area contributed by atoms with Crippen LogP contribution in [0.1, 0.15) is 34.1 Å². The van der Waals surface area contributed by atoms with Gasteiger partial charge in [0.05, 0.1) is 22.6 Å². The molecule has 0 spiro atoms. The van der Waals surface area contributed by atoms with E-state index in [0.29, 0.717) is 11.0 Å². The van der Waals surface area contributed by atoms with Crippen molar-refractivity contribution in [1.29, 1.82) is 0 Å². The first-order valence-corrected chi connectivity index (χ1v) is 11.7. The van der Waals surface area contributed by atoms with E-state index in [1.807, 2.05) is 0 Å². The molecule has 11 nitrogen and oxygen atoms in total. The number of hydrogen-bond acceptors (Lipinski definition) is 9. The molecule has 1 aliphatic carbocycles. The highest BCUT2D eigenvalue weighted by atomic mass is 32.2. The Morgan fingerprint density at radius 2 is 1.91 bits per heavy atom. The van der Waals surface area contributed by atoms with E-state index >= 15 is 0 Å². The van der Waals surface area contributed by atoms with E-state index in [4.69, 9.17) is 4.74 Å². The average molecular weight is 476 g/mol. The number of anilines is 2. The van der Waals surface area contributed by atoms with Gasteiger partial charge in [-0.15, -0.1) is 10.2 Å². The Balaban J connectivity index is 1.49. The minimum absolute atomic E-state index is 0.0775. The van der Waals surface area contributed by atoms with Crippen molar-refractivity contribution in [2.75, 3.05) is 17.1 Å². The number of nitrogens with zero attached hydrogens (tertiary/aromatic N) is 3. The summed E-state index contributed by atoms with van der Waals surface area (Å²) in [6.07, 6.45) is 2.16. The van der Waals surface area contributed by atoms with Gasteiger partial charge in [0, 0.05) is 23.6 Å². The third kappa shape index (κ3) is 4.68. The van der Waals surface area contributed by atoms with Crippen LogP contribution in [0.2, 0.25) is 0 Å². The van der Waals surface area contributed by atoms with Gasteiger partial charge in [-0.05, 0) is 43.2 Å². The lowest BCUT2D eigenvalue weighted by Crippen LogP contribution is -2.15. The molecule has 13 heteroatoms. The number of non-ortho nitro benzene ring substituents is 1. The van der Waals surface area contributed by atoms with E-state index in [1.165, 1.54) is 54.8 Å². The lowest BCUT2D eigenvalue weighted by Gasteiger charge is -2.12. The Labute approximate surface area is 186 Å². The first-order valence-electron chi connectivity index (χ1n) is 9.37. The number of carbonyl (C=O) groups is 1.